The Hall–Kier alpha value is -0.930. The van der Waals surface area contributed by atoms with Gasteiger partial charge < -0.3 is 4.90 Å². The Bertz CT molecular complexity index is 337. The number of amides is 1. The van der Waals surface area contributed by atoms with E-state index in [4.69, 9.17) is 0 Å². The van der Waals surface area contributed by atoms with Crippen LogP contribution >= 0.6 is 0 Å². The summed E-state index contributed by atoms with van der Waals surface area (Å²) in [7, 11) is 0. The van der Waals surface area contributed by atoms with E-state index in [0.717, 1.165) is 13.3 Å². The van der Waals surface area contributed by atoms with Crippen molar-refractivity contribution in [1.29, 1.82) is 0 Å². The Morgan fingerprint density at radius 3 is 2.33 bits per heavy atom. The lowest BCUT2D eigenvalue weighted by molar-refractivity contribution is -0.132. The Balaban J connectivity index is 2.48. The number of halogens is 2. The molecule has 0 aromatic rings. The second-order valence-electron chi connectivity index (χ2n) is 6.14. The molecule has 1 amide bonds. The summed E-state index contributed by atoms with van der Waals surface area (Å²) in [5, 5.41) is 0. The third-order valence-corrected chi connectivity index (χ3v) is 3.30. The molecular formula is C14H23F2NO. The molecule has 0 spiro atoms. The maximum absolute atomic E-state index is 12.7. The zero-order valence-electron chi connectivity index (χ0n) is 11.7. The van der Waals surface area contributed by atoms with E-state index in [1.165, 1.54) is 5.57 Å². The van der Waals surface area contributed by atoms with Crippen LogP contribution in [0.2, 0.25) is 0 Å². The molecule has 1 aliphatic heterocycles. The molecule has 0 bridgehead atoms. The van der Waals surface area contributed by atoms with Crippen molar-refractivity contribution >= 4 is 5.91 Å². The Kier molecular flexibility index (Phi) is 4.51. The van der Waals surface area contributed by atoms with E-state index in [2.05, 4.69) is 26.8 Å². The van der Waals surface area contributed by atoms with Crippen LogP contribution in [0, 0.1) is 5.41 Å². The van der Waals surface area contributed by atoms with Crippen LogP contribution < -0.4 is 0 Å². The van der Waals surface area contributed by atoms with Crippen molar-refractivity contribution in [2.45, 2.75) is 52.9 Å². The summed E-state index contributed by atoms with van der Waals surface area (Å²) < 4.78 is 25.4. The average Bonchev–Trinajstić information content (AvgIpc) is 2.24. The first-order chi connectivity index (χ1) is 8.09. The van der Waals surface area contributed by atoms with E-state index in [1.807, 2.05) is 0 Å². The maximum Gasteiger partial charge on any atom is 0.245 e. The third-order valence-electron chi connectivity index (χ3n) is 3.30. The highest BCUT2D eigenvalue weighted by Crippen LogP contribution is 2.30. The fourth-order valence-corrected chi connectivity index (χ4v) is 2.06. The number of alkyl halides is 2. The van der Waals surface area contributed by atoms with E-state index in [1.54, 1.807) is 4.90 Å². The molecule has 1 heterocycles. The summed E-state index contributed by atoms with van der Waals surface area (Å²) >= 11 is 0. The van der Waals surface area contributed by atoms with Crippen LogP contribution in [-0.4, -0.2) is 29.8 Å². The van der Waals surface area contributed by atoms with E-state index in [-0.39, 0.29) is 24.2 Å². The summed E-state index contributed by atoms with van der Waals surface area (Å²) in [5.41, 5.74) is 1.47. The number of nitrogens with zero attached hydrogens (tertiary/aromatic N) is 1. The molecule has 0 aliphatic carbocycles. The SMILES string of the molecule is CC(F)(F)CCC(=O)N1CC=C(C(C)(C)C)CC1. The maximum atomic E-state index is 12.7. The fourth-order valence-electron chi connectivity index (χ4n) is 2.06. The lowest BCUT2D eigenvalue weighted by Gasteiger charge is -2.32. The standard InChI is InChI=1S/C14H23F2NO/c1-13(2,3)11-6-9-17(10-7-11)12(18)5-8-14(4,15)16/h6H,5,7-10H2,1-4H3. The summed E-state index contributed by atoms with van der Waals surface area (Å²) in [5.74, 6) is -2.92. The minimum Gasteiger partial charge on any atom is -0.339 e. The van der Waals surface area contributed by atoms with Crippen molar-refractivity contribution in [1.82, 2.24) is 4.90 Å². The van der Waals surface area contributed by atoms with E-state index < -0.39 is 5.92 Å². The van der Waals surface area contributed by atoms with Gasteiger partial charge in [-0.15, -0.1) is 0 Å². The van der Waals surface area contributed by atoms with Crippen molar-refractivity contribution in [3.8, 4) is 0 Å². The molecule has 18 heavy (non-hydrogen) atoms. The lowest BCUT2D eigenvalue weighted by atomic mass is 9.83. The van der Waals surface area contributed by atoms with Gasteiger partial charge in [0.1, 0.15) is 0 Å². The Morgan fingerprint density at radius 2 is 1.94 bits per heavy atom. The number of hydrogen-bond acceptors (Lipinski definition) is 1. The molecule has 0 saturated heterocycles. The van der Waals surface area contributed by atoms with Gasteiger partial charge in [0.15, 0.2) is 0 Å². The smallest absolute Gasteiger partial charge is 0.245 e. The predicted molar refractivity (Wildman–Crippen MR) is 68.6 cm³/mol. The summed E-state index contributed by atoms with van der Waals surface area (Å²) in [6.07, 6.45) is 2.48. The van der Waals surface area contributed by atoms with Crippen LogP contribution in [0.3, 0.4) is 0 Å². The first-order valence-electron chi connectivity index (χ1n) is 6.45. The zero-order chi connectivity index (χ0) is 14.0. The largest absolute Gasteiger partial charge is 0.339 e. The predicted octanol–water partition coefficient (Wildman–Crippen LogP) is 3.63. The molecule has 0 unspecified atom stereocenters. The summed E-state index contributed by atoms with van der Waals surface area (Å²) in [6.45, 7) is 8.50. The monoisotopic (exact) mass is 259 g/mol. The van der Waals surface area contributed by atoms with Crippen molar-refractivity contribution in [2.75, 3.05) is 13.1 Å². The van der Waals surface area contributed by atoms with Crippen LogP contribution in [0.4, 0.5) is 8.78 Å². The molecule has 1 aliphatic rings. The third kappa shape index (κ3) is 4.75. The molecule has 0 aromatic heterocycles. The quantitative estimate of drug-likeness (QED) is 0.709. The van der Waals surface area contributed by atoms with Crippen LogP contribution in [0.25, 0.3) is 0 Å². The molecule has 4 heteroatoms. The highest BCUT2D eigenvalue weighted by Gasteiger charge is 2.26. The van der Waals surface area contributed by atoms with E-state index >= 15 is 0 Å². The molecule has 104 valence electrons. The topological polar surface area (TPSA) is 20.3 Å². The fraction of sp³-hybridized carbons (Fsp3) is 0.786. The van der Waals surface area contributed by atoms with Crippen molar-refractivity contribution in [3.05, 3.63) is 11.6 Å². The van der Waals surface area contributed by atoms with Gasteiger partial charge in [-0.1, -0.05) is 32.4 Å². The van der Waals surface area contributed by atoms with Crippen molar-refractivity contribution in [3.63, 3.8) is 0 Å². The van der Waals surface area contributed by atoms with Gasteiger partial charge in [-0.3, -0.25) is 4.79 Å². The molecular weight excluding hydrogens is 236 g/mol. The van der Waals surface area contributed by atoms with Crippen LogP contribution in [0.5, 0.6) is 0 Å². The molecule has 0 fully saturated rings. The van der Waals surface area contributed by atoms with Gasteiger partial charge in [0.2, 0.25) is 11.8 Å². The molecule has 0 saturated carbocycles. The number of rotatable bonds is 3. The van der Waals surface area contributed by atoms with E-state index in [0.29, 0.717) is 13.1 Å². The lowest BCUT2D eigenvalue weighted by Crippen LogP contribution is -2.36. The minimum atomic E-state index is -2.75. The Labute approximate surface area is 108 Å². The van der Waals surface area contributed by atoms with Gasteiger partial charge in [0, 0.05) is 25.9 Å². The van der Waals surface area contributed by atoms with Gasteiger partial charge in [-0.2, -0.15) is 0 Å². The van der Waals surface area contributed by atoms with Gasteiger partial charge >= 0.3 is 0 Å². The molecule has 0 radical (unpaired) electrons. The molecule has 0 aromatic carbocycles. The van der Waals surface area contributed by atoms with Crippen LogP contribution in [-0.2, 0) is 4.79 Å². The second kappa shape index (κ2) is 5.37. The highest BCUT2D eigenvalue weighted by atomic mass is 19.3. The van der Waals surface area contributed by atoms with Crippen molar-refractivity contribution in [2.24, 2.45) is 5.41 Å². The number of carbonyl (C=O) groups is 1. The van der Waals surface area contributed by atoms with Gasteiger partial charge in [0.05, 0.1) is 0 Å². The van der Waals surface area contributed by atoms with E-state index in [9.17, 15) is 13.6 Å². The molecule has 0 N–H and O–H groups in total. The normalized spacial score (nSPS) is 17.7. The van der Waals surface area contributed by atoms with Crippen LogP contribution in [0.1, 0.15) is 47.0 Å². The highest BCUT2D eigenvalue weighted by molar-refractivity contribution is 5.76. The van der Waals surface area contributed by atoms with Gasteiger partial charge in [0.25, 0.3) is 0 Å². The van der Waals surface area contributed by atoms with Crippen molar-refractivity contribution < 1.29 is 13.6 Å². The van der Waals surface area contributed by atoms with Crippen LogP contribution in [0.15, 0.2) is 11.6 Å². The second-order valence-corrected chi connectivity index (χ2v) is 6.14. The first kappa shape index (κ1) is 15.1. The molecule has 0 atom stereocenters. The zero-order valence-corrected chi connectivity index (χ0v) is 11.7. The number of carbonyl (C=O) groups excluding carboxylic acids is 1. The Morgan fingerprint density at radius 1 is 1.33 bits per heavy atom. The summed E-state index contributed by atoms with van der Waals surface area (Å²) in [4.78, 5) is 13.4. The summed E-state index contributed by atoms with van der Waals surface area (Å²) in [6, 6.07) is 0. The average molecular weight is 259 g/mol. The minimum absolute atomic E-state index is 0.0673. The number of hydrogen-bond donors (Lipinski definition) is 0. The van der Waals surface area contributed by atoms with Gasteiger partial charge in [-0.25, -0.2) is 8.78 Å². The molecule has 2 nitrogen and oxygen atoms in total. The first-order valence-corrected chi connectivity index (χ1v) is 6.45. The van der Waals surface area contributed by atoms with Gasteiger partial charge in [-0.05, 0) is 18.8 Å². The molecule has 1 rings (SSSR count).